The van der Waals surface area contributed by atoms with E-state index in [0.29, 0.717) is 25.8 Å². The van der Waals surface area contributed by atoms with Crippen molar-refractivity contribution in [2.75, 3.05) is 25.4 Å². The highest BCUT2D eigenvalue weighted by atomic mass is 32.1. The van der Waals surface area contributed by atoms with Crippen LogP contribution in [0.1, 0.15) is 19.3 Å². The molecule has 0 fully saturated rings. The van der Waals surface area contributed by atoms with Gasteiger partial charge < -0.3 is 37.6 Å². The molecule has 3 atom stereocenters. The van der Waals surface area contributed by atoms with E-state index in [1.807, 2.05) is 0 Å². The molecule has 11 nitrogen and oxygen atoms in total. The van der Waals surface area contributed by atoms with E-state index in [2.05, 4.69) is 28.6 Å². The first kappa shape index (κ1) is 24.1. The second-order valence-corrected chi connectivity index (χ2v) is 5.86. The summed E-state index contributed by atoms with van der Waals surface area (Å²) in [6.07, 6.45) is 1.74. The summed E-state index contributed by atoms with van der Waals surface area (Å²) in [7, 11) is 0. The van der Waals surface area contributed by atoms with Gasteiger partial charge in [-0.1, -0.05) is 6.42 Å². The van der Waals surface area contributed by atoms with Gasteiger partial charge in [-0.15, -0.1) is 0 Å². The van der Waals surface area contributed by atoms with Crippen LogP contribution in [0.15, 0.2) is 0 Å². The number of nitrogens with two attached hydrogens (primary N) is 2. The van der Waals surface area contributed by atoms with E-state index in [9.17, 15) is 24.3 Å². The van der Waals surface area contributed by atoms with Gasteiger partial charge >= 0.3 is 5.97 Å². The Kier molecular flexibility index (Phi) is 12.4. The summed E-state index contributed by atoms with van der Waals surface area (Å²) in [5.41, 5.74) is 11.0. The van der Waals surface area contributed by atoms with Crippen LogP contribution >= 0.6 is 12.6 Å². The highest BCUT2D eigenvalue weighted by Crippen LogP contribution is 1.98. The molecular formula is C14H27N5O6S. The number of hydrogen-bond donors (Lipinski definition) is 8. The standard InChI is InChI=1S/C14H27N5O6S/c15-4-2-1-3-8(16)12(22)19-9(6-20)13(23)17-5-11(21)18-10(7-26)14(24)25/h8-10,20,26H,1-7,15-16H2,(H,17,23)(H,18,21)(H,19,22)(H,24,25). The minimum atomic E-state index is -1.28. The number of carboxylic acids is 1. The molecule has 0 aromatic carbocycles. The molecule has 0 aromatic heterocycles. The molecule has 0 aliphatic heterocycles. The molecule has 0 radical (unpaired) electrons. The lowest BCUT2D eigenvalue weighted by Gasteiger charge is -2.19. The van der Waals surface area contributed by atoms with E-state index in [1.54, 1.807) is 0 Å². The summed E-state index contributed by atoms with van der Waals surface area (Å²) < 4.78 is 0. The van der Waals surface area contributed by atoms with Crippen molar-refractivity contribution < 1.29 is 29.4 Å². The van der Waals surface area contributed by atoms with Gasteiger partial charge in [0, 0.05) is 5.75 Å². The number of unbranched alkanes of at least 4 members (excludes halogenated alkanes) is 1. The quantitative estimate of drug-likeness (QED) is 0.117. The highest BCUT2D eigenvalue weighted by molar-refractivity contribution is 7.80. The van der Waals surface area contributed by atoms with Crippen LogP contribution < -0.4 is 27.4 Å². The molecule has 9 N–H and O–H groups in total. The Hall–Kier alpha value is -1.89. The number of carboxylic acid groups (broad SMARTS) is 1. The van der Waals surface area contributed by atoms with Crippen LogP contribution in [-0.2, 0) is 19.2 Å². The van der Waals surface area contributed by atoms with Gasteiger partial charge in [0.05, 0.1) is 19.2 Å². The average Bonchev–Trinajstić information content (AvgIpc) is 2.61. The fourth-order valence-corrected chi connectivity index (χ4v) is 2.08. The summed E-state index contributed by atoms with van der Waals surface area (Å²) >= 11 is 3.79. The van der Waals surface area contributed by atoms with Gasteiger partial charge in [0.25, 0.3) is 0 Å². The molecule has 0 rings (SSSR count). The van der Waals surface area contributed by atoms with Crippen molar-refractivity contribution in [2.24, 2.45) is 11.5 Å². The SMILES string of the molecule is NCCCCC(N)C(=O)NC(CO)C(=O)NCC(=O)NC(CS)C(=O)O. The topological polar surface area (TPSA) is 197 Å². The third-order valence-corrected chi connectivity index (χ3v) is 3.73. The Morgan fingerprint density at radius 3 is 2.19 bits per heavy atom. The zero-order valence-electron chi connectivity index (χ0n) is 14.3. The molecule has 3 unspecified atom stereocenters. The van der Waals surface area contributed by atoms with Gasteiger partial charge in [-0.25, -0.2) is 4.79 Å². The van der Waals surface area contributed by atoms with Crippen molar-refractivity contribution in [3.8, 4) is 0 Å². The number of thiol groups is 1. The van der Waals surface area contributed by atoms with Gasteiger partial charge in [0.2, 0.25) is 17.7 Å². The molecular weight excluding hydrogens is 366 g/mol. The monoisotopic (exact) mass is 393 g/mol. The van der Waals surface area contributed by atoms with Crippen molar-refractivity contribution in [2.45, 2.75) is 37.4 Å². The van der Waals surface area contributed by atoms with Crippen LogP contribution in [0, 0.1) is 0 Å². The molecule has 0 bridgehead atoms. The minimum absolute atomic E-state index is 0.119. The zero-order chi connectivity index (χ0) is 20.1. The van der Waals surface area contributed by atoms with Gasteiger partial charge in [0.1, 0.15) is 12.1 Å². The predicted octanol–water partition coefficient (Wildman–Crippen LogP) is -3.46. The third-order valence-electron chi connectivity index (χ3n) is 3.36. The molecule has 150 valence electrons. The van der Waals surface area contributed by atoms with Gasteiger partial charge in [-0.05, 0) is 19.4 Å². The van der Waals surface area contributed by atoms with E-state index in [4.69, 9.17) is 16.6 Å². The number of nitrogens with one attached hydrogen (secondary N) is 3. The maximum absolute atomic E-state index is 11.9. The number of carbonyl (C=O) groups is 4. The lowest BCUT2D eigenvalue weighted by atomic mass is 10.1. The smallest absolute Gasteiger partial charge is 0.327 e. The van der Waals surface area contributed by atoms with Crippen molar-refractivity contribution >= 4 is 36.3 Å². The Bertz CT molecular complexity index is 492. The van der Waals surface area contributed by atoms with Gasteiger partial charge in [0.15, 0.2) is 0 Å². The minimum Gasteiger partial charge on any atom is -0.480 e. The third kappa shape index (κ3) is 9.56. The molecule has 0 spiro atoms. The Labute approximate surface area is 156 Å². The molecule has 0 saturated heterocycles. The Morgan fingerprint density at radius 1 is 1.04 bits per heavy atom. The van der Waals surface area contributed by atoms with Crippen molar-refractivity contribution in [1.29, 1.82) is 0 Å². The van der Waals surface area contributed by atoms with Crippen LogP contribution in [0.3, 0.4) is 0 Å². The maximum Gasteiger partial charge on any atom is 0.327 e. The van der Waals surface area contributed by atoms with E-state index < -0.39 is 55.0 Å². The lowest BCUT2D eigenvalue weighted by Crippen LogP contribution is -2.54. The number of aliphatic hydroxyl groups excluding tert-OH is 1. The molecule has 12 heteroatoms. The molecule has 3 amide bonds. The largest absolute Gasteiger partial charge is 0.480 e. The fraction of sp³-hybridized carbons (Fsp3) is 0.714. The number of aliphatic carboxylic acids is 1. The van der Waals surface area contributed by atoms with Crippen LogP contribution in [0.2, 0.25) is 0 Å². The van der Waals surface area contributed by atoms with Gasteiger partial charge in [-0.2, -0.15) is 12.6 Å². The zero-order valence-corrected chi connectivity index (χ0v) is 15.2. The molecule has 0 aliphatic rings. The number of amides is 3. The number of carbonyl (C=O) groups excluding carboxylic acids is 3. The summed E-state index contributed by atoms with van der Waals surface area (Å²) in [6.45, 7) is -0.734. The first-order valence-corrected chi connectivity index (χ1v) is 8.67. The van der Waals surface area contributed by atoms with Crippen LogP contribution in [0.25, 0.3) is 0 Å². The summed E-state index contributed by atoms with van der Waals surface area (Å²) in [5.74, 6) is -3.54. The fourth-order valence-electron chi connectivity index (χ4n) is 1.83. The molecule has 26 heavy (non-hydrogen) atoms. The van der Waals surface area contributed by atoms with Gasteiger partial charge in [-0.3, -0.25) is 14.4 Å². The highest BCUT2D eigenvalue weighted by Gasteiger charge is 2.24. The predicted molar refractivity (Wildman–Crippen MR) is 96.3 cm³/mol. The summed E-state index contributed by atoms with van der Waals surface area (Å²) in [5, 5.41) is 24.7. The normalized spacial score (nSPS) is 14.0. The summed E-state index contributed by atoms with van der Waals surface area (Å²) in [4.78, 5) is 46.2. The second-order valence-electron chi connectivity index (χ2n) is 5.49. The maximum atomic E-state index is 11.9. The van der Waals surface area contributed by atoms with Crippen LogP contribution in [0.5, 0.6) is 0 Å². The molecule has 0 aliphatic carbocycles. The molecule has 0 heterocycles. The lowest BCUT2D eigenvalue weighted by molar-refractivity contribution is -0.141. The first-order valence-electron chi connectivity index (χ1n) is 8.04. The second kappa shape index (κ2) is 13.3. The molecule has 0 aromatic rings. The van der Waals surface area contributed by atoms with Crippen molar-refractivity contribution in [1.82, 2.24) is 16.0 Å². The van der Waals surface area contributed by atoms with E-state index in [-0.39, 0.29) is 5.75 Å². The Morgan fingerprint density at radius 2 is 1.69 bits per heavy atom. The molecule has 0 saturated carbocycles. The number of hydrogen-bond acceptors (Lipinski definition) is 8. The van der Waals surface area contributed by atoms with E-state index in [0.717, 1.165) is 0 Å². The van der Waals surface area contributed by atoms with Crippen LogP contribution in [0.4, 0.5) is 0 Å². The van der Waals surface area contributed by atoms with E-state index in [1.165, 1.54) is 0 Å². The van der Waals surface area contributed by atoms with E-state index >= 15 is 0 Å². The first-order chi connectivity index (χ1) is 12.3. The Balaban J connectivity index is 4.41. The number of rotatable bonds is 13. The van der Waals surface area contributed by atoms with Crippen LogP contribution in [-0.4, -0.2) is 77.5 Å². The average molecular weight is 393 g/mol. The number of aliphatic hydroxyl groups is 1. The van der Waals surface area contributed by atoms with Crippen molar-refractivity contribution in [3.63, 3.8) is 0 Å². The summed E-state index contributed by atoms with van der Waals surface area (Å²) in [6, 6.07) is -3.32. The van der Waals surface area contributed by atoms with Crippen molar-refractivity contribution in [3.05, 3.63) is 0 Å².